The van der Waals surface area contributed by atoms with Gasteiger partial charge in [-0.05, 0) is 32.0 Å². The molecule has 0 saturated carbocycles. The third-order valence-corrected chi connectivity index (χ3v) is 3.54. The first-order valence-corrected chi connectivity index (χ1v) is 7.13. The first-order chi connectivity index (χ1) is 10.3. The number of fused-ring (bicyclic) bond motifs is 1. The molecule has 5 nitrogen and oxygen atoms in total. The smallest absolute Gasteiger partial charge is 0.254 e. The maximum absolute atomic E-state index is 12.7. The van der Waals surface area contributed by atoms with Gasteiger partial charge in [-0.15, -0.1) is 0 Å². The molecule has 0 atom stereocenters. The number of amides is 2. The molecule has 2 rings (SSSR count). The fourth-order valence-electron chi connectivity index (χ4n) is 2.27. The number of benzene rings is 1. The van der Waals surface area contributed by atoms with Crippen molar-refractivity contribution in [3.63, 3.8) is 0 Å². The van der Waals surface area contributed by atoms with Gasteiger partial charge in [0, 0.05) is 32.2 Å². The van der Waals surface area contributed by atoms with Gasteiger partial charge in [-0.25, -0.2) is 0 Å². The van der Waals surface area contributed by atoms with Crippen LogP contribution in [0, 0.1) is 13.8 Å². The summed E-state index contributed by atoms with van der Waals surface area (Å²) in [7, 11) is 4.99. The van der Waals surface area contributed by atoms with Crippen molar-refractivity contribution in [2.45, 2.75) is 13.8 Å². The van der Waals surface area contributed by atoms with Gasteiger partial charge in [-0.2, -0.15) is 0 Å². The Hall–Kier alpha value is -2.43. The fourth-order valence-corrected chi connectivity index (χ4v) is 2.27. The average Bonchev–Trinajstić information content (AvgIpc) is 2.45. The molecule has 1 heterocycles. The minimum absolute atomic E-state index is 0.0561. The Labute approximate surface area is 130 Å². The number of carbonyl (C=O) groups excluding carboxylic acids is 2. The minimum Gasteiger partial charge on any atom is -0.347 e. The summed E-state index contributed by atoms with van der Waals surface area (Å²) in [5.41, 5.74) is 3.23. The van der Waals surface area contributed by atoms with E-state index in [1.807, 2.05) is 32.0 Å². The number of likely N-dealkylation sites (N-methyl/N-ethyl adjacent to an activating group) is 2. The van der Waals surface area contributed by atoms with Crippen LogP contribution in [0.1, 0.15) is 21.6 Å². The molecule has 116 valence electrons. The molecule has 0 N–H and O–H groups in total. The van der Waals surface area contributed by atoms with Crippen molar-refractivity contribution < 1.29 is 9.59 Å². The third-order valence-electron chi connectivity index (χ3n) is 3.54. The van der Waals surface area contributed by atoms with E-state index in [-0.39, 0.29) is 18.4 Å². The van der Waals surface area contributed by atoms with E-state index >= 15 is 0 Å². The quantitative estimate of drug-likeness (QED) is 0.871. The fraction of sp³-hybridized carbons (Fsp3) is 0.353. The Morgan fingerprint density at radius 1 is 1.09 bits per heavy atom. The molecule has 2 amide bonds. The molecule has 0 unspecified atom stereocenters. The number of nitrogens with zero attached hydrogens (tertiary/aromatic N) is 3. The highest BCUT2D eigenvalue weighted by molar-refractivity contribution is 6.07. The summed E-state index contributed by atoms with van der Waals surface area (Å²) in [5.74, 6) is -0.279. The number of aryl methyl sites for hydroxylation is 2. The molecule has 0 saturated heterocycles. The standard InChI is InChI=1S/C17H21N3O2/c1-11-6-7-15-13(8-11)14(9-12(2)18-15)17(22)20(5)10-16(21)19(3)4/h6-9H,10H2,1-5H3. The summed E-state index contributed by atoms with van der Waals surface area (Å²) in [6, 6.07) is 7.62. The molecule has 0 fully saturated rings. The lowest BCUT2D eigenvalue weighted by Crippen LogP contribution is -2.37. The summed E-state index contributed by atoms with van der Waals surface area (Å²) in [5, 5.41) is 0.819. The predicted octanol–water partition coefficient (Wildman–Crippen LogP) is 2.01. The zero-order valence-electron chi connectivity index (χ0n) is 13.7. The molecule has 22 heavy (non-hydrogen) atoms. The van der Waals surface area contributed by atoms with E-state index in [2.05, 4.69) is 4.98 Å². The van der Waals surface area contributed by atoms with Crippen LogP contribution in [-0.2, 0) is 4.79 Å². The van der Waals surface area contributed by atoms with Gasteiger partial charge in [0.25, 0.3) is 5.91 Å². The molecule has 1 aromatic carbocycles. The van der Waals surface area contributed by atoms with Crippen molar-refractivity contribution in [1.82, 2.24) is 14.8 Å². The Morgan fingerprint density at radius 3 is 2.41 bits per heavy atom. The molecule has 0 aliphatic rings. The van der Waals surface area contributed by atoms with Gasteiger partial charge < -0.3 is 9.80 Å². The summed E-state index contributed by atoms with van der Waals surface area (Å²) >= 11 is 0. The third kappa shape index (κ3) is 3.24. The minimum atomic E-state index is -0.170. The van der Waals surface area contributed by atoms with E-state index in [1.165, 1.54) is 9.80 Å². The van der Waals surface area contributed by atoms with E-state index < -0.39 is 0 Å². The first kappa shape index (κ1) is 15.9. The zero-order chi connectivity index (χ0) is 16.4. The van der Waals surface area contributed by atoms with Crippen molar-refractivity contribution >= 4 is 22.7 Å². The summed E-state index contributed by atoms with van der Waals surface area (Å²) < 4.78 is 0. The van der Waals surface area contributed by atoms with E-state index in [0.717, 1.165) is 22.2 Å². The van der Waals surface area contributed by atoms with Crippen LogP contribution in [-0.4, -0.2) is 54.3 Å². The maximum atomic E-state index is 12.7. The van der Waals surface area contributed by atoms with Crippen LogP contribution < -0.4 is 0 Å². The molecule has 5 heteroatoms. The highest BCUT2D eigenvalue weighted by Crippen LogP contribution is 2.21. The van der Waals surface area contributed by atoms with E-state index in [4.69, 9.17) is 0 Å². The van der Waals surface area contributed by atoms with Crippen LogP contribution >= 0.6 is 0 Å². The van der Waals surface area contributed by atoms with Crippen LogP contribution in [0.2, 0.25) is 0 Å². The molecule has 0 spiro atoms. The van der Waals surface area contributed by atoms with Crippen molar-refractivity contribution in [2.24, 2.45) is 0 Å². The zero-order valence-corrected chi connectivity index (χ0v) is 13.7. The Kier molecular flexibility index (Phi) is 4.45. The van der Waals surface area contributed by atoms with Crippen molar-refractivity contribution in [2.75, 3.05) is 27.7 Å². The molecular formula is C17H21N3O2. The molecular weight excluding hydrogens is 278 g/mol. The molecule has 2 aromatic rings. The van der Waals surface area contributed by atoms with Crippen LogP contribution in [0.5, 0.6) is 0 Å². The molecule has 0 aliphatic carbocycles. The largest absolute Gasteiger partial charge is 0.347 e. The lowest BCUT2D eigenvalue weighted by molar-refractivity contribution is -0.129. The van der Waals surface area contributed by atoms with Crippen LogP contribution in [0.3, 0.4) is 0 Å². The Balaban J connectivity index is 2.42. The molecule has 1 aromatic heterocycles. The number of pyridine rings is 1. The number of hydrogen-bond donors (Lipinski definition) is 0. The van der Waals surface area contributed by atoms with Crippen LogP contribution in [0.25, 0.3) is 10.9 Å². The van der Waals surface area contributed by atoms with Gasteiger partial charge in [-0.3, -0.25) is 14.6 Å². The second-order valence-corrected chi connectivity index (χ2v) is 5.78. The van der Waals surface area contributed by atoms with Gasteiger partial charge in [0.1, 0.15) is 0 Å². The number of carbonyl (C=O) groups is 2. The Morgan fingerprint density at radius 2 is 1.77 bits per heavy atom. The molecule has 0 radical (unpaired) electrons. The highest BCUT2D eigenvalue weighted by atomic mass is 16.2. The van der Waals surface area contributed by atoms with Crippen molar-refractivity contribution in [1.29, 1.82) is 0 Å². The topological polar surface area (TPSA) is 53.5 Å². The maximum Gasteiger partial charge on any atom is 0.254 e. The lowest BCUT2D eigenvalue weighted by atomic mass is 10.0. The number of hydrogen-bond acceptors (Lipinski definition) is 3. The van der Waals surface area contributed by atoms with Gasteiger partial charge in [0.05, 0.1) is 17.6 Å². The summed E-state index contributed by atoms with van der Waals surface area (Å²) in [6.07, 6.45) is 0. The van der Waals surface area contributed by atoms with Crippen molar-refractivity contribution in [3.05, 3.63) is 41.1 Å². The normalized spacial score (nSPS) is 10.6. The van der Waals surface area contributed by atoms with Crippen LogP contribution in [0.4, 0.5) is 0 Å². The SMILES string of the molecule is Cc1ccc2nc(C)cc(C(=O)N(C)CC(=O)N(C)C)c2c1. The van der Waals surface area contributed by atoms with Gasteiger partial charge >= 0.3 is 0 Å². The molecule has 0 bridgehead atoms. The van der Waals surface area contributed by atoms with Crippen molar-refractivity contribution in [3.8, 4) is 0 Å². The Bertz CT molecular complexity index is 738. The second kappa shape index (κ2) is 6.13. The molecule has 0 aliphatic heterocycles. The lowest BCUT2D eigenvalue weighted by Gasteiger charge is -2.20. The first-order valence-electron chi connectivity index (χ1n) is 7.13. The number of aromatic nitrogens is 1. The highest BCUT2D eigenvalue weighted by Gasteiger charge is 2.19. The van der Waals surface area contributed by atoms with Crippen LogP contribution in [0.15, 0.2) is 24.3 Å². The average molecular weight is 299 g/mol. The van der Waals surface area contributed by atoms with Gasteiger partial charge in [-0.1, -0.05) is 11.6 Å². The monoisotopic (exact) mass is 299 g/mol. The summed E-state index contributed by atoms with van der Waals surface area (Å²) in [6.45, 7) is 3.90. The summed E-state index contributed by atoms with van der Waals surface area (Å²) in [4.78, 5) is 31.9. The number of rotatable bonds is 3. The van der Waals surface area contributed by atoms with E-state index in [0.29, 0.717) is 5.56 Å². The van der Waals surface area contributed by atoms with E-state index in [9.17, 15) is 9.59 Å². The van der Waals surface area contributed by atoms with E-state index in [1.54, 1.807) is 27.2 Å². The van der Waals surface area contributed by atoms with Gasteiger partial charge in [0.2, 0.25) is 5.91 Å². The predicted molar refractivity (Wildman–Crippen MR) is 86.9 cm³/mol. The second-order valence-electron chi connectivity index (χ2n) is 5.78. The van der Waals surface area contributed by atoms with Gasteiger partial charge in [0.15, 0.2) is 0 Å².